The molecule has 1 aliphatic heterocycles. The van der Waals surface area contributed by atoms with Gasteiger partial charge in [-0.15, -0.1) is 0 Å². The highest BCUT2D eigenvalue weighted by molar-refractivity contribution is 7.71. The third-order valence-corrected chi connectivity index (χ3v) is 4.39. The summed E-state index contributed by atoms with van der Waals surface area (Å²) in [6.45, 7) is 5.77. The van der Waals surface area contributed by atoms with Gasteiger partial charge in [0, 0.05) is 38.1 Å². The first-order valence-electron chi connectivity index (χ1n) is 7.37. The molecular formula is C17H18N4S. The van der Waals surface area contributed by atoms with Crippen molar-refractivity contribution >= 4 is 23.6 Å². The van der Waals surface area contributed by atoms with E-state index in [0.717, 1.165) is 31.9 Å². The van der Waals surface area contributed by atoms with E-state index >= 15 is 0 Å². The van der Waals surface area contributed by atoms with Crippen LogP contribution in [0.25, 0.3) is 0 Å². The summed E-state index contributed by atoms with van der Waals surface area (Å²) in [5.41, 5.74) is 4.05. The SMILES string of the molecule is Cc1ccc(N2CCN(c3cc[nH]c(=S)c3C#N)CC2)cc1. The van der Waals surface area contributed by atoms with Gasteiger partial charge in [0.1, 0.15) is 16.3 Å². The lowest BCUT2D eigenvalue weighted by atomic mass is 10.1. The van der Waals surface area contributed by atoms with E-state index < -0.39 is 0 Å². The van der Waals surface area contributed by atoms with Crippen LogP contribution in [0, 0.1) is 22.9 Å². The summed E-state index contributed by atoms with van der Waals surface area (Å²) in [6.07, 6.45) is 1.81. The quantitative estimate of drug-likeness (QED) is 0.865. The summed E-state index contributed by atoms with van der Waals surface area (Å²) >= 11 is 5.20. The third-order valence-electron chi connectivity index (χ3n) is 4.07. The summed E-state index contributed by atoms with van der Waals surface area (Å²) in [7, 11) is 0. The summed E-state index contributed by atoms with van der Waals surface area (Å²) < 4.78 is 0.515. The second-order valence-electron chi connectivity index (χ2n) is 5.49. The second-order valence-corrected chi connectivity index (χ2v) is 5.90. The van der Waals surface area contributed by atoms with Gasteiger partial charge in [-0.1, -0.05) is 29.9 Å². The van der Waals surface area contributed by atoms with Crippen LogP contribution >= 0.6 is 12.2 Å². The average molecular weight is 310 g/mol. The van der Waals surface area contributed by atoms with Crippen LogP contribution in [0.2, 0.25) is 0 Å². The van der Waals surface area contributed by atoms with Gasteiger partial charge in [0.15, 0.2) is 0 Å². The van der Waals surface area contributed by atoms with Crippen molar-refractivity contribution in [3.05, 3.63) is 52.3 Å². The number of nitriles is 1. The minimum absolute atomic E-state index is 0.515. The van der Waals surface area contributed by atoms with Gasteiger partial charge in [0.2, 0.25) is 0 Å². The van der Waals surface area contributed by atoms with Crippen LogP contribution in [-0.4, -0.2) is 31.2 Å². The number of hydrogen-bond acceptors (Lipinski definition) is 4. The van der Waals surface area contributed by atoms with E-state index in [-0.39, 0.29) is 0 Å². The second kappa shape index (κ2) is 6.20. The fourth-order valence-electron chi connectivity index (χ4n) is 2.80. The molecule has 1 aliphatic rings. The predicted molar refractivity (Wildman–Crippen MR) is 91.9 cm³/mol. The number of rotatable bonds is 2. The Labute approximate surface area is 135 Å². The lowest BCUT2D eigenvalue weighted by molar-refractivity contribution is 0.652. The Morgan fingerprint density at radius 3 is 2.32 bits per heavy atom. The fraction of sp³-hybridized carbons (Fsp3) is 0.294. The van der Waals surface area contributed by atoms with E-state index in [1.54, 1.807) is 0 Å². The van der Waals surface area contributed by atoms with Gasteiger partial charge in [-0.05, 0) is 25.1 Å². The molecular weight excluding hydrogens is 292 g/mol. The normalized spacial score (nSPS) is 14.7. The molecule has 1 fully saturated rings. The van der Waals surface area contributed by atoms with E-state index in [4.69, 9.17) is 12.2 Å². The molecule has 3 rings (SSSR count). The molecule has 4 nitrogen and oxygen atoms in total. The molecule has 0 aliphatic carbocycles. The number of pyridine rings is 1. The molecule has 2 aromatic rings. The zero-order valence-corrected chi connectivity index (χ0v) is 13.4. The van der Waals surface area contributed by atoms with Crippen molar-refractivity contribution in [1.29, 1.82) is 5.26 Å². The van der Waals surface area contributed by atoms with Crippen LogP contribution in [0.3, 0.4) is 0 Å². The standard InChI is InChI=1S/C17H18N4S/c1-13-2-4-14(5-3-13)20-8-10-21(11-9-20)16-6-7-19-17(22)15(16)12-18/h2-7H,8-11H2,1H3,(H,19,22). The van der Waals surface area contributed by atoms with E-state index in [2.05, 4.69) is 52.0 Å². The largest absolute Gasteiger partial charge is 0.368 e. The van der Waals surface area contributed by atoms with Crippen LogP contribution in [-0.2, 0) is 0 Å². The van der Waals surface area contributed by atoms with Gasteiger partial charge in [-0.2, -0.15) is 5.26 Å². The third kappa shape index (κ3) is 2.83. The Morgan fingerprint density at radius 1 is 1.05 bits per heavy atom. The summed E-state index contributed by atoms with van der Waals surface area (Å²) in [4.78, 5) is 7.55. The van der Waals surface area contributed by atoms with Gasteiger partial charge >= 0.3 is 0 Å². The van der Waals surface area contributed by atoms with Crippen molar-refractivity contribution in [1.82, 2.24) is 4.98 Å². The molecule has 5 heteroatoms. The summed E-state index contributed by atoms with van der Waals surface area (Å²) in [5, 5.41) is 9.31. The number of hydrogen-bond donors (Lipinski definition) is 1. The maximum atomic E-state index is 9.31. The Kier molecular flexibility index (Phi) is 4.12. The molecule has 2 heterocycles. The number of H-pyrrole nitrogens is 1. The highest BCUT2D eigenvalue weighted by Crippen LogP contribution is 2.23. The smallest absolute Gasteiger partial charge is 0.123 e. The Morgan fingerprint density at radius 2 is 1.68 bits per heavy atom. The first-order chi connectivity index (χ1) is 10.7. The molecule has 22 heavy (non-hydrogen) atoms. The van der Waals surface area contributed by atoms with Gasteiger partial charge in [-0.3, -0.25) is 0 Å². The van der Waals surface area contributed by atoms with Crippen LogP contribution in [0.4, 0.5) is 11.4 Å². The van der Waals surface area contributed by atoms with Gasteiger partial charge in [-0.25, -0.2) is 0 Å². The number of benzene rings is 1. The summed E-state index contributed by atoms with van der Waals surface area (Å²) in [6, 6.07) is 12.8. The fourth-order valence-corrected chi connectivity index (χ4v) is 3.02. The van der Waals surface area contributed by atoms with Crippen LogP contribution < -0.4 is 9.80 Å². The first-order valence-corrected chi connectivity index (χ1v) is 7.78. The number of anilines is 2. The van der Waals surface area contributed by atoms with E-state index in [0.29, 0.717) is 10.2 Å². The molecule has 0 radical (unpaired) electrons. The van der Waals surface area contributed by atoms with Gasteiger partial charge in [0.25, 0.3) is 0 Å². The van der Waals surface area contributed by atoms with Crippen molar-refractivity contribution in [2.45, 2.75) is 6.92 Å². The summed E-state index contributed by atoms with van der Waals surface area (Å²) in [5.74, 6) is 0. The minimum atomic E-state index is 0.515. The van der Waals surface area contributed by atoms with Crippen molar-refractivity contribution in [2.24, 2.45) is 0 Å². The number of aromatic amines is 1. The molecule has 112 valence electrons. The van der Waals surface area contributed by atoms with Crippen LogP contribution in [0.5, 0.6) is 0 Å². The first kappa shape index (κ1) is 14.6. The van der Waals surface area contributed by atoms with Crippen molar-refractivity contribution < 1.29 is 0 Å². The lowest BCUT2D eigenvalue weighted by Crippen LogP contribution is -2.46. The number of aromatic nitrogens is 1. The van der Waals surface area contributed by atoms with Crippen molar-refractivity contribution in [2.75, 3.05) is 36.0 Å². The van der Waals surface area contributed by atoms with Gasteiger partial charge in [0.05, 0.1) is 5.69 Å². The highest BCUT2D eigenvalue weighted by Gasteiger charge is 2.19. The predicted octanol–water partition coefficient (Wildman–Crippen LogP) is 3.25. The molecule has 0 spiro atoms. The minimum Gasteiger partial charge on any atom is -0.368 e. The lowest BCUT2D eigenvalue weighted by Gasteiger charge is -2.37. The van der Waals surface area contributed by atoms with E-state index in [1.807, 2.05) is 12.3 Å². The molecule has 1 aromatic heterocycles. The molecule has 1 aromatic carbocycles. The molecule has 1 N–H and O–H groups in total. The van der Waals surface area contributed by atoms with Crippen LogP contribution in [0.15, 0.2) is 36.5 Å². The number of aryl methyl sites for hydroxylation is 1. The van der Waals surface area contributed by atoms with Crippen molar-refractivity contribution in [3.63, 3.8) is 0 Å². The molecule has 0 amide bonds. The maximum Gasteiger partial charge on any atom is 0.123 e. The number of nitrogens with zero attached hydrogens (tertiary/aromatic N) is 3. The van der Waals surface area contributed by atoms with Gasteiger partial charge < -0.3 is 14.8 Å². The Hall–Kier alpha value is -2.32. The highest BCUT2D eigenvalue weighted by atomic mass is 32.1. The van der Waals surface area contributed by atoms with Crippen molar-refractivity contribution in [3.8, 4) is 6.07 Å². The molecule has 1 saturated heterocycles. The zero-order valence-electron chi connectivity index (χ0n) is 12.5. The van der Waals surface area contributed by atoms with E-state index in [9.17, 15) is 5.26 Å². The van der Waals surface area contributed by atoms with E-state index in [1.165, 1.54) is 11.3 Å². The molecule has 0 unspecified atom stereocenters. The number of piperazine rings is 1. The Balaban J connectivity index is 1.75. The molecule has 0 bridgehead atoms. The molecule has 0 saturated carbocycles. The average Bonchev–Trinajstić information content (AvgIpc) is 2.55. The molecule has 0 atom stereocenters. The maximum absolute atomic E-state index is 9.31. The topological polar surface area (TPSA) is 46.1 Å². The number of nitrogens with one attached hydrogen (secondary N) is 1. The monoisotopic (exact) mass is 310 g/mol. The zero-order chi connectivity index (χ0) is 15.5. The van der Waals surface area contributed by atoms with Crippen LogP contribution in [0.1, 0.15) is 11.1 Å². The Bertz CT molecular complexity index is 749.